The molecule has 1 aliphatic rings. The summed E-state index contributed by atoms with van der Waals surface area (Å²) in [6.45, 7) is 4.25. The van der Waals surface area contributed by atoms with E-state index in [1.807, 2.05) is 6.92 Å². The molecule has 1 aromatic rings. The van der Waals surface area contributed by atoms with E-state index >= 15 is 0 Å². The summed E-state index contributed by atoms with van der Waals surface area (Å²) in [5.74, 6) is 0.144. The highest BCUT2D eigenvalue weighted by molar-refractivity contribution is 5.99. The van der Waals surface area contributed by atoms with Crippen molar-refractivity contribution in [2.24, 2.45) is 17.8 Å². The Morgan fingerprint density at radius 3 is 2.48 bits per heavy atom. The van der Waals surface area contributed by atoms with Gasteiger partial charge in [0, 0.05) is 0 Å². The van der Waals surface area contributed by atoms with Gasteiger partial charge < -0.3 is 0 Å². The predicted molar refractivity (Wildman–Crippen MR) is 89.8 cm³/mol. The Kier molecular flexibility index (Phi) is 6.73. The zero-order valence-corrected chi connectivity index (χ0v) is 14.2. The number of alkyl halides is 1. The van der Waals surface area contributed by atoms with E-state index in [9.17, 15) is 13.6 Å². The monoisotopic (exact) mass is 322 g/mol. The highest BCUT2D eigenvalue weighted by Crippen LogP contribution is 2.37. The van der Waals surface area contributed by atoms with Crippen LogP contribution in [0.1, 0.15) is 69.2 Å². The first-order valence-corrected chi connectivity index (χ1v) is 8.95. The van der Waals surface area contributed by atoms with Gasteiger partial charge in [0.25, 0.3) is 0 Å². The lowest BCUT2D eigenvalue weighted by Crippen LogP contribution is -2.26. The molecule has 2 rings (SSSR count). The third kappa shape index (κ3) is 4.86. The lowest BCUT2D eigenvalue weighted by Gasteiger charge is -2.32. The van der Waals surface area contributed by atoms with E-state index in [1.54, 1.807) is 6.07 Å². The minimum atomic E-state index is -1.60. The van der Waals surface area contributed by atoms with Crippen molar-refractivity contribution in [3.63, 3.8) is 0 Å². The van der Waals surface area contributed by atoms with Crippen LogP contribution in [-0.4, -0.2) is 12.0 Å². The fourth-order valence-electron chi connectivity index (χ4n) is 3.91. The maximum atomic E-state index is 14.3. The number of rotatable bonds is 7. The topological polar surface area (TPSA) is 17.1 Å². The lowest BCUT2D eigenvalue weighted by atomic mass is 9.73. The van der Waals surface area contributed by atoms with Crippen LogP contribution in [0.4, 0.5) is 8.78 Å². The summed E-state index contributed by atoms with van der Waals surface area (Å²) in [5, 5.41) is 0. The first-order chi connectivity index (χ1) is 11.0. The van der Waals surface area contributed by atoms with Crippen LogP contribution in [0.2, 0.25) is 0 Å². The van der Waals surface area contributed by atoms with Crippen molar-refractivity contribution in [1.82, 2.24) is 0 Å². The third-order valence-corrected chi connectivity index (χ3v) is 5.40. The van der Waals surface area contributed by atoms with Crippen LogP contribution in [0.15, 0.2) is 24.3 Å². The van der Waals surface area contributed by atoms with Gasteiger partial charge >= 0.3 is 0 Å². The highest BCUT2D eigenvalue weighted by atomic mass is 19.1. The maximum absolute atomic E-state index is 14.3. The second-order valence-corrected chi connectivity index (χ2v) is 7.09. The Hall–Kier alpha value is -1.25. The molecule has 0 heterocycles. The minimum absolute atomic E-state index is 0.126. The van der Waals surface area contributed by atoms with E-state index in [2.05, 4.69) is 6.92 Å². The quantitative estimate of drug-likeness (QED) is 0.564. The zero-order chi connectivity index (χ0) is 16.8. The third-order valence-electron chi connectivity index (χ3n) is 5.40. The summed E-state index contributed by atoms with van der Waals surface area (Å²) >= 11 is 0. The summed E-state index contributed by atoms with van der Waals surface area (Å²) in [4.78, 5) is 12.1. The number of Topliss-reactive ketones (excluding diaryl/α,β-unsaturated/α-hetero) is 1. The van der Waals surface area contributed by atoms with Crippen molar-refractivity contribution < 1.29 is 13.6 Å². The van der Waals surface area contributed by atoms with Crippen LogP contribution in [0, 0.1) is 23.6 Å². The van der Waals surface area contributed by atoms with Crippen molar-refractivity contribution in [3.05, 3.63) is 35.6 Å². The minimum Gasteiger partial charge on any atom is -0.291 e. The molecule has 1 fully saturated rings. The van der Waals surface area contributed by atoms with Gasteiger partial charge in [0.05, 0.1) is 5.56 Å². The lowest BCUT2D eigenvalue weighted by molar-refractivity contribution is 0.0819. The average molecular weight is 322 g/mol. The number of ketones is 1. The van der Waals surface area contributed by atoms with Crippen molar-refractivity contribution in [2.75, 3.05) is 0 Å². The van der Waals surface area contributed by atoms with E-state index in [4.69, 9.17) is 0 Å². The number of halogens is 2. The fourth-order valence-corrected chi connectivity index (χ4v) is 3.91. The molecule has 0 aromatic heterocycles. The molecule has 0 bridgehead atoms. The fraction of sp³-hybridized carbons (Fsp3) is 0.650. The second-order valence-electron chi connectivity index (χ2n) is 7.09. The molecule has 1 aromatic carbocycles. The maximum Gasteiger partial charge on any atom is 0.199 e. The number of carbonyl (C=O) groups excluding carboxylic acids is 1. The molecule has 0 amide bonds. The smallest absolute Gasteiger partial charge is 0.199 e. The van der Waals surface area contributed by atoms with Gasteiger partial charge in [-0.15, -0.1) is 0 Å². The molecule has 0 spiro atoms. The molecule has 0 radical (unpaired) electrons. The number of carbonyl (C=O) groups is 1. The Balaban J connectivity index is 1.86. The standard InChI is InChI=1S/C20H28F2O/c1-3-6-15-9-11-16(12-10-15)14(2)13-19(22)20(23)17-7-4-5-8-18(17)21/h4-5,7-8,14-16,19H,3,6,9-13H2,1-2H3. The van der Waals surface area contributed by atoms with Crippen LogP contribution in [0.3, 0.4) is 0 Å². The molecule has 0 saturated heterocycles. The van der Waals surface area contributed by atoms with Crippen LogP contribution < -0.4 is 0 Å². The van der Waals surface area contributed by atoms with Crippen LogP contribution in [0.5, 0.6) is 0 Å². The summed E-state index contributed by atoms with van der Waals surface area (Å²) in [6, 6.07) is 5.65. The molecule has 23 heavy (non-hydrogen) atoms. The van der Waals surface area contributed by atoms with Gasteiger partial charge in [-0.3, -0.25) is 4.79 Å². The summed E-state index contributed by atoms with van der Waals surface area (Å²) in [6.07, 6.45) is 5.83. The number of hydrogen-bond donors (Lipinski definition) is 0. The molecule has 2 atom stereocenters. The Bertz CT molecular complexity index is 506. The molecule has 3 heteroatoms. The number of hydrogen-bond acceptors (Lipinski definition) is 1. The molecular weight excluding hydrogens is 294 g/mol. The Morgan fingerprint density at radius 1 is 1.22 bits per heavy atom. The Labute approximate surface area is 138 Å². The largest absolute Gasteiger partial charge is 0.291 e. The number of benzene rings is 1. The van der Waals surface area contributed by atoms with Crippen molar-refractivity contribution in [2.45, 2.75) is 65.0 Å². The normalized spacial score (nSPS) is 24.2. The van der Waals surface area contributed by atoms with Crippen molar-refractivity contribution >= 4 is 5.78 Å². The molecule has 128 valence electrons. The van der Waals surface area contributed by atoms with E-state index in [1.165, 1.54) is 43.9 Å². The van der Waals surface area contributed by atoms with Crippen molar-refractivity contribution in [1.29, 1.82) is 0 Å². The van der Waals surface area contributed by atoms with Gasteiger partial charge in [-0.2, -0.15) is 0 Å². The van der Waals surface area contributed by atoms with Crippen LogP contribution in [0.25, 0.3) is 0 Å². The van der Waals surface area contributed by atoms with E-state index in [0.29, 0.717) is 5.92 Å². The molecule has 0 N–H and O–H groups in total. The van der Waals surface area contributed by atoms with E-state index < -0.39 is 17.8 Å². The first kappa shape index (κ1) is 18.1. The Morgan fingerprint density at radius 2 is 1.87 bits per heavy atom. The van der Waals surface area contributed by atoms with Gasteiger partial charge in [0.2, 0.25) is 0 Å². The molecule has 2 unspecified atom stereocenters. The zero-order valence-electron chi connectivity index (χ0n) is 14.2. The van der Waals surface area contributed by atoms with Gasteiger partial charge in [0.1, 0.15) is 5.82 Å². The predicted octanol–water partition coefficient (Wildman–Crippen LogP) is 5.98. The van der Waals surface area contributed by atoms with Gasteiger partial charge in [-0.25, -0.2) is 8.78 Å². The second kappa shape index (κ2) is 8.56. The molecule has 1 nitrogen and oxygen atoms in total. The molecular formula is C20H28F2O. The van der Waals surface area contributed by atoms with Crippen LogP contribution >= 0.6 is 0 Å². The molecule has 0 aliphatic heterocycles. The first-order valence-electron chi connectivity index (χ1n) is 8.95. The van der Waals surface area contributed by atoms with Gasteiger partial charge in [-0.05, 0) is 49.1 Å². The molecule has 1 saturated carbocycles. The van der Waals surface area contributed by atoms with Gasteiger partial charge in [-0.1, -0.05) is 51.7 Å². The van der Waals surface area contributed by atoms with Gasteiger partial charge in [0.15, 0.2) is 12.0 Å². The summed E-state index contributed by atoms with van der Waals surface area (Å²) in [5.41, 5.74) is -0.126. The summed E-state index contributed by atoms with van der Waals surface area (Å²) < 4.78 is 28.0. The van der Waals surface area contributed by atoms with E-state index in [-0.39, 0.29) is 17.9 Å². The summed E-state index contributed by atoms with van der Waals surface area (Å²) in [7, 11) is 0. The van der Waals surface area contributed by atoms with E-state index in [0.717, 1.165) is 18.8 Å². The molecule has 1 aliphatic carbocycles. The van der Waals surface area contributed by atoms with Crippen LogP contribution in [-0.2, 0) is 0 Å². The SMILES string of the molecule is CCCC1CCC(C(C)CC(F)C(=O)c2ccccc2F)CC1. The average Bonchev–Trinajstić information content (AvgIpc) is 2.55. The van der Waals surface area contributed by atoms with Crippen molar-refractivity contribution in [3.8, 4) is 0 Å². The highest BCUT2D eigenvalue weighted by Gasteiger charge is 2.29.